The summed E-state index contributed by atoms with van der Waals surface area (Å²) in [6.45, 7) is 13.2. The minimum Gasteiger partial charge on any atom is -0.543 e. The molecule has 6 heteroatoms. The molecule has 1 aliphatic rings. The van der Waals surface area contributed by atoms with Crippen LogP contribution in [-0.4, -0.2) is 28.5 Å². The van der Waals surface area contributed by atoms with Crippen LogP contribution in [0.4, 0.5) is 0 Å². The number of carbonyl (C=O) groups excluding carboxylic acids is 1. The predicted octanol–water partition coefficient (Wildman–Crippen LogP) is 6.89. The number of benzene rings is 1. The normalized spacial score (nSPS) is 17.8. The van der Waals surface area contributed by atoms with E-state index in [4.69, 9.17) is 18.3 Å². The highest BCUT2D eigenvalue weighted by Gasteiger charge is 2.39. The first kappa shape index (κ1) is 24.2. The fraction of sp³-hybridized carbons (Fsp3) is 0.500. The molecule has 0 saturated heterocycles. The van der Waals surface area contributed by atoms with Crippen molar-refractivity contribution in [3.8, 4) is 5.75 Å². The first-order chi connectivity index (χ1) is 15.0. The highest BCUT2D eigenvalue weighted by molar-refractivity contribution is 6.74. The van der Waals surface area contributed by atoms with E-state index in [1.54, 1.807) is 6.08 Å². The maximum Gasteiger partial charge on any atom is 0.373 e. The van der Waals surface area contributed by atoms with E-state index in [0.717, 1.165) is 47.3 Å². The van der Waals surface area contributed by atoms with E-state index >= 15 is 0 Å². The van der Waals surface area contributed by atoms with Gasteiger partial charge < -0.3 is 18.3 Å². The largest absolute Gasteiger partial charge is 0.543 e. The molecule has 2 aromatic rings. The van der Waals surface area contributed by atoms with Gasteiger partial charge in [0.2, 0.25) is 14.1 Å². The lowest BCUT2D eigenvalue weighted by Gasteiger charge is -2.36. The van der Waals surface area contributed by atoms with Crippen molar-refractivity contribution in [1.82, 2.24) is 0 Å². The Morgan fingerprint density at radius 2 is 1.91 bits per heavy atom. The predicted molar refractivity (Wildman–Crippen MR) is 131 cm³/mol. The molecule has 174 valence electrons. The lowest BCUT2D eigenvalue weighted by Crippen LogP contribution is -2.43. The molecule has 1 aliphatic carbocycles. The molecule has 1 aromatic heterocycles. The van der Waals surface area contributed by atoms with Gasteiger partial charge in [0.05, 0.1) is 14.2 Å². The minimum absolute atomic E-state index is 0.143. The van der Waals surface area contributed by atoms with E-state index in [0.29, 0.717) is 0 Å². The molecular formula is C26H36O5Si. The Hall–Kier alpha value is -2.47. The summed E-state index contributed by atoms with van der Waals surface area (Å²) >= 11 is 0. The van der Waals surface area contributed by atoms with Gasteiger partial charge in [0.1, 0.15) is 17.1 Å². The molecule has 1 heterocycles. The average molecular weight is 457 g/mol. The first-order valence-corrected chi connectivity index (χ1v) is 14.1. The molecule has 1 unspecified atom stereocenters. The molecule has 32 heavy (non-hydrogen) atoms. The van der Waals surface area contributed by atoms with Gasteiger partial charge in [-0.15, -0.1) is 0 Å². The fourth-order valence-electron chi connectivity index (χ4n) is 3.88. The Labute approximate surface area is 192 Å². The van der Waals surface area contributed by atoms with Gasteiger partial charge in [-0.25, -0.2) is 4.79 Å². The van der Waals surface area contributed by atoms with Crippen LogP contribution in [-0.2, 0) is 20.7 Å². The lowest BCUT2D eigenvalue weighted by molar-refractivity contribution is -0.139. The second kappa shape index (κ2) is 9.18. The summed E-state index contributed by atoms with van der Waals surface area (Å²) in [6.07, 6.45) is 6.95. The van der Waals surface area contributed by atoms with Gasteiger partial charge in [0.15, 0.2) is 0 Å². The smallest absolute Gasteiger partial charge is 0.373 e. The number of rotatable bonds is 6. The van der Waals surface area contributed by atoms with Crippen LogP contribution in [0, 0.1) is 0 Å². The highest BCUT2D eigenvalue weighted by atomic mass is 28.4. The standard InChI is InChI=1S/C26H36O5Si/c1-17(15-23(28-5)25(27)29-6)14-18-10-9-11-20-21-16-19(12-13-22(21)30-24(18)20)31-32(7,8)26(2,3)4/h12-16,18H,9-11H2,1-8H3/b17-14+,23-15-. The molecule has 0 radical (unpaired) electrons. The number of aryl methyl sites for hydroxylation is 1. The monoisotopic (exact) mass is 456 g/mol. The van der Waals surface area contributed by atoms with Crippen molar-refractivity contribution in [3.05, 3.63) is 53.0 Å². The summed E-state index contributed by atoms with van der Waals surface area (Å²) in [6, 6.07) is 6.21. The third kappa shape index (κ3) is 4.95. The van der Waals surface area contributed by atoms with Gasteiger partial charge in [0, 0.05) is 16.9 Å². The van der Waals surface area contributed by atoms with E-state index in [-0.39, 0.29) is 16.7 Å². The second-order valence-corrected chi connectivity index (χ2v) is 14.8. The van der Waals surface area contributed by atoms with Gasteiger partial charge in [-0.3, -0.25) is 0 Å². The molecule has 5 nitrogen and oxygen atoms in total. The van der Waals surface area contributed by atoms with E-state index in [1.165, 1.54) is 19.8 Å². The van der Waals surface area contributed by atoms with Crippen molar-refractivity contribution in [1.29, 1.82) is 0 Å². The third-order valence-corrected chi connectivity index (χ3v) is 11.0. The Kier molecular flexibility index (Phi) is 6.93. The van der Waals surface area contributed by atoms with Crippen LogP contribution in [0.5, 0.6) is 5.75 Å². The van der Waals surface area contributed by atoms with Crippen molar-refractivity contribution in [2.75, 3.05) is 14.2 Å². The summed E-state index contributed by atoms with van der Waals surface area (Å²) in [5, 5.41) is 1.29. The zero-order valence-electron chi connectivity index (χ0n) is 20.6. The first-order valence-electron chi connectivity index (χ1n) is 11.2. The van der Waals surface area contributed by atoms with E-state index in [9.17, 15) is 4.79 Å². The molecule has 0 amide bonds. The van der Waals surface area contributed by atoms with Crippen molar-refractivity contribution in [2.24, 2.45) is 0 Å². The maximum absolute atomic E-state index is 11.8. The molecule has 0 fully saturated rings. The number of fused-ring (bicyclic) bond motifs is 3. The molecule has 1 atom stereocenters. The number of methoxy groups -OCH3 is 2. The average Bonchev–Trinajstić information content (AvgIpc) is 3.09. The van der Waals surface area contributed by atoms with Crippen LogP contribution in [0.1, 0.15) is 57.8 Å². The second-order valence-electron chi connectivity index (χ2n) is 10.1. The Morgan fingerprint density at radius 3 is 2.53 bits per heavy atom. The quantitative estimate of drug-likeness (QED) is 0.156. The number of ether oxygens (including phenoxy) is 2. The van der Waals surface area contributed by atoms with Crippen LogP contribution < -0.4 is 4.43 Å². The Morgan fingerprint density at radius 1 is 1.19 bits per heavy atom. The van der Waals surface area contributed by atoms with Gasteiger partial charge in [0.25, 0.3) is 0 Å². The zero-order valence-corrected chi connectivity index (χ0v) is 21.6. The van der Waals surface area contributed by atoms with Gasteiger partial charge in [-0.1, -0.05) is 32.4 Å². The van der Waals surface area contributed by atoms with Crippen molar-refractivity contribution in [2.45, 2.75) is 71.0 Å². The van der Waals surface area contributed by atoms with E-state index in [2.05, 4.69) is 46.0 Å². The maximum atomic E-state index is 11.8. The Balaban J connectivity index is 1.94. The zero-order chi connectivity index (χ0) is 23.7. The molecule has 0 spiro atoms. The summed E-state index contributed by atoms with van der Waals surface area (Å²) in [7, 11) is 0.904. The van der Waals surface area contributed by atoms with Crippen molar-refractivity contribution >= 4 is 25.3 Å². The summed E-state index contributed by atoms with van der Waals surface area (Å²) in [4.78, 5) is 11.8. The molecule has 0 aliphatic heterocycles. The summed E-state index contributed by atoms with van der Waals surface area (Å²) in [5.41, 5.74) is 3.11. The summed E-state index contributed by atoms with van der Waals surface area (Å²) < 4.78 is 22.8. The summed E-state index contributed by atoms with van der Waals surface area (Å²) in [5.74, 6) is 1.80. The van der Waals surface area contributed by atoms with Crippen LogP contribution in [0.15, 0.2) is 46.1 Å². The van der Waals surface area contributed by atoms with Crippen molar-refractivity contribution in [3.63, 3.8) is 0 Å². The van der Waals surface area contributed by atoms with Crippen LogP contribution in [0.2, 0.25) is 18.1 Å². The van der Waals surface area contributed by atoms with Crippen molar-refractivity contribution < 1.29 is 23.1 Å². The molecule has 0 N–H and O–H groups in total. The van der Waals surface area contributed by atoms with E-state index in [1.807, 2.05) is 19.1 Å². The van der Waals surface area contributed by atoms with Gasteiger partial charge >= 0.3 is 5.97 Å². The molecule has 0 bridgehead atoms. The number of hydrogen-bond acceptors (Lipinski definition) is 5. The van der Waals surface area contributed by atoms with Gasteiger partial charge in [-0.2, -0.15) is 0 Å². The number of esters is 1. The number of carbonyl (C=O) groups is 1. The van der Waals surface area contributed by atoms with Crippen LogP contribution >= 0.6 is 0 Å². The minimum atomic E-state index is -1.91. The number of allylic oxidation sites excluding steroid dienone is 3. The topological polar surface area (TPSA) is 57.9 Å². The third-order valence-electron chi connectivity index (χ3n) is 6.68. The van der Waals surface area contributed by atoms with Crippen LogP contribution in [0.25, 0.3) is 11.0 Å². The fourth-order valence-corrected chi connectivity index (χ4v) is 4.90. The SMILES string of the molecule is COC(=O)/C(=C/C(C)=C/C1CCCc2c1oc1ccc(O[Si](C)(C)C(C)(C)C)cc21)OC. The number of hydrogen-bond donors (Lipinski definition) is 0. The number of furan rings is 1. The van der Waals surface area contributed by atoms with E-state index < -0.39 is 14.3 Å². The van der Waals surface area contributed by atoms with Crippen LogP contribution in [0.3, 0.4) is 0 Å². The lowest BCUT2D eigenvalue weighted by atomic mass is 9.86. The Bertz CT molecular complexity index is 1050. The molecule has 3 rings (SSSR count). The van der Waals surface area contributed by atoms with Gasteiger partial charge in [-0.05, 0) is 68.6 Å². The molecule has 0 saturated carbocycles. The molecular weight excluding hydrogens is 420 g/mol. The molecule has 1 aromatic carbocycles. The highest BCUT2D eigenvalue weighted by Crippen LogP contribution is 2.42.